The van der Waals surface area contributed by atoms with Gasteiger partial charge in [0.25, 0.3) is 0 Å². The van der Waals surface area contributed by atoms with Gasteiger partial charge in [0.15, 0.2) is 0 Å². The summed E-state index contributed by atoms with van der Waals surface area (Å²) in [5.74, 6) is 0. The summed E-state index contributed by atoms with van der Waals surface area (Å²) in [6.07, 6.45) is 1.73. The summed E-state index contributed by atoms with van der Waals surface area (Å²) in [6, 6.07) is 9.10. The average Bonchev–Trinajstić information content (AvgIpc) is 2.49. The Kier molecular flexibility index (Phi) is 3.55. The fraction of sp³-hybridized carbons (Fsp3) is 0.600. The molecule has 2 heteroatoms. The van der Waals surface area contributed by atoms with Crippen LogP contribution in [0.15, 0.2) is 24.3 Å². The Morgan fingerprint density at radius 2 is 2.12 bits per heavy atom. The number of hydrogen-bond donors (Lipinski definition) is 2. The first-order valence-electron chi connectivity index (χ1n) is 6.50. The summed E-state index contributed by atoms with van der Waals surface area (Å²) >= 11 is 0. The Morgan fingerprint density at radius 1 is 1.41 bits per heavy atom. The lowest BCUT2D eigenvalue weighted by Gasteiger charge is -2.29. The molecule has 2 rings (SSSR count). The summed E-state index contributed by atoms with van der Waals surface area (Å²) in [5, 5.41) is 12.9. The van der Waals surface area contributed by atoms with Crippen molar-refractivity contribution in [2.45, 2.75) is 45.8 Å². The van der Waals surface area contributed by atoms with Crippen LogP contribution >= 0.6 is 0 Å². The summed E-state index contributed by atoms with van der Waals surface area (Å²) in [4.78, 5) is 0. The Balaban J connectivity index is 2.09. The Morgan fingerprint density at radius 3 is 2.82 bits per heavy atom. The van der Waals surface area contributed by atoms with Gasteiger partial charge < -0.3 is 10.4 Å². The van der Waals surface area contributed by atoms with Crippen LogP contribution in [0.25, 0.3) is 0 Å². The number of nitrogens with one attached hydrogen (secondary N) is 1. The zero-order chi connectivity index (χ0) is 12.5. The number of aliphatic hydroxyl groups excluding tert-OH is 1. The van der Waals surface area contributed by atoms with Gasteiger partial charge in [0.05, 0.1) is 6.10 Å². The third-order valence-corrected chi connectivity index (χ3v) is 3.70. The van der Waals surface area contributed by atoms with Crippen LogP contribution in [0.2, 0.25) is 0 Å². The van der Waals surface area contributed by atoms with E-state index in [0.717, 1.165) is 19.4 Å². The van der Waals surface area contributed by atoms with Crippen LogP contribution in [-0.2, 0) is 6.42 Å². The van der Waals surface area contributed by atoms with E-state index in [0.29, 0.717) is 6.04 Å². The molecule has 0 amide bonds. The number of aliphatic hydroxyl groups is 1. The van der Waals surface area contributed by atoms with Gasteiger partial charge in [0, 0.05) is 6.04 Å². The molecule has 2 atom stereocenters. The molecule has 0 heterocycles. The predicted molar refractivity (Wildman–Crippen MR) is 71.0 cm³/mol. The Labute approximate surface area is 104 Å². The van der Waals surface area contributed by atoms with E-state index in [1.165, 1.54) is 11.1 Å². The van der Waals surface area contributed by atoms with Crippen molar-refractivity contribution in [1.82, 2.24) is 5.32 Å². The molecule has 0 saturated heterocycles. The van der Waals surface area contributed by atoms with Gasteiger partial charge in [-0.2, -0.15) is 0 Å². The minimum absolute atomic E-state index is 0.220. The average molecular weight is 233 g/mol. The van der Waals surface area contributed by atoms with Gasteiger partial charge in [-0.1, -0.05) is 38.1 Å². The zero-order valence-electron chi connectivity index (χ0n) is 11.0. The van der Waals surface area contributed by atoms with Gasteiger partial charge in [-0.05, 0) is 42.9 Å². The van der Waals surface area contributed by atoms with Gasteiger partial charge in [-0.3, -0.25) is 0 Å². The Bertz CT molecular complexity index is 384. The molecule has 1 aliphatic carbocycles. The van der Waals surface area contributed by atoms with Crippen molar-refractivity contribution in [2.24, 2.45) is 5.41 Å². The van der Waals surface area contributed by atoms with E-state index in [2.05, 4.69) is 43.4 Å². The van der Waals surface area contributed by atoms with Crippen molar-refractivity contribution < 1.29 is 5.11 Å². The van der Waals surface area contributed by atoms with E-state index in [1.54, 1.807) is 0 Å². The molecule has 0 radical (unpaired) electrons. The summed E-state index contributed by atoms with van der Waals surface area (Å²) in [6.45, 7) is 7.34. The highest BCUT2D eigenvalue weighted by Gasteiger charge is 2.37. The molecular weight excluding hydrogens is 210 g/mol. The van der Waals surface area contributed by atoms with E-state index >= 15 is 0 Å². The molecule has 0 spiro atoms. The standard InChI is InChI=1S/C15H23NO/c1-11(17)8-9-16-14-13-7-5-4-6-12(13)10-15(14,2)3/h4-7,11,14,16-17H,8-10H2,1-3H3. The predicted octanol–water partition coefficient (Wildman–Crippen LogP) is 2.67. The van der Waals surface area contributed by atoms with Crippen LogP contribution in [0.1, 0.15) is 44.4 Å². The SMILES string of the molecule is CC(O)CCNC1c2ccccc2CC1(C)C. The van der Waals surface area contributed by atoms with Gasteiger partial charge in [0.1, 0.15) is 0 Å². The smallest absolute Gasteiger partial charge is 0.0524 e. The molecule has 94 valence electrons. The van der Waals surface area contributed by atoms with Gasteiger partial charge in [-0.25, -0.2) is 0 Å². The first-order chi connectivity index (χ1) is 8.00. The molecule has 1 aliphatic rings. The van der Waals surface area contributed by atoms with E-state index in [-0.39, 0.29) is 11.5 Å². The second kappa shape index (κ2) is 4.79. The zero-order valence-corrected chi connectivity index (χ0v) is 11.0. The highest BCUT2D eigenvalue weighted by Crippen LogP contribution is 2.44. The van der Waals surface area contributed by atoms with Gasteiger partial charge >= 0.3 is 0 Å². The van der Waals surface area contributed by atoms with E-state index < -0.39 is 0 Å². The number of hydrogen-bond acceptors (Lipinski definition) is 2. The van der Waals surface area contributed by atoms with Crippen LogP contribution in [0.5, 0.6) is 0 Å². The van der Waals surface area contributed by atoms with E-state index in [4.69, 9.17) is 0 Å². The van der Waals surface area contributed by atoms with E-state index in [9.17, 15) is 5.11 Å². The maximum Gasteiger partial charge on any atom is 0.0524 e. The van der Waals surface area contributed by atoms with E-state index in [1.807, 2.05) is 6.92 Å². The highest BCUT2D eigenvalue weighted by atomic mass is 16.3. The molecule has 2 nitrogen and oxygen atoms in total. The van der Waals surface area contributed by atoms with Crippen LogP contribution in [0.3, 0.4) is 0 Å². The summed E-state index contributed by atoms with van der Waals surface area (Å²) < 4.78 is 0. The lowest BCUT2D eigenvalue weighted by atomic mass is 9.85. The molecule has 1 aromatic rings. The molecular formula is C15H23NO. The summed E-state index contributed by atoms with van der Waals surface area (Å²) in [7, 11) is 0. The number of fused-ring (bicyclic) bond motifs is 1. The second-order valence-corrected chi connectivity index (χ2v) is 5.89. The summed E-state index contributed by atoms with van der Waals surface area (Å²) in [5.41, 5.74) is 3.16. The van der Waals surface area contributed by atoms with Crippen molar-refractivity contribution in [3.8, 4) is 0 Å². The van der Waals surface area contributed by atoms with Crippen molar-refractivity contribution in [3.63, 3.8) is 0 Å². The largest absolute Gasteiger partial charge is 0.393 e. The molecule has 0 aromatic heterocycles. The molecule has 0 saturated carbocycles. The van der Waals surface area contributed by atoms with Crippen molar-refractivity contribution in [3.05, 3.63) is 35.4 Å². The number of benzene rings is 1. The van der Waals surface area contributed by atoms with Crippen LogP contribution in [-0.4, -0.2) is 17.8 Å². The van der Waals surface area contributed by atoms with Gasteiger partial charge in [-0.15, -0.1) is 0 Å². The lowest BCUT2D eigenvalue weighted by molar-refractivity contribution is 0.176. The molecule has 1 aromatic carbocycles. The lowest BCUT2D eigenvalue weighted by Crippen LogP contribution is -2.32. The second-order valence-electron chi connectivity index (χ2n) is 5.89. The maximum absolute atomic E-state index is 9.31. The first kappa shape index (κ1) is 12.6. The molecule has 0 fully saturated rings. The third-order valence-electron chi connectivity index (χ3n) is 3.70. The maximum atomic E-state index is 9.31. The molecule has 0 bridgehead atoms. The van der Waals surface area contributed by atoms with Crippen molar-refractivity contribution in [1.29, 1.82) is 0 Å². The van der Waals surface area contributed by atoms with Crippen molar-refractivity contribution in [2.75, 3.05) is 6.54 Å². The number of rotatable bonds is 4. The first-order valence-corrected chi connectivity index (χ1v) is 6.50. The quantitative estimate of drug-likeness (QED) is 0.838. The van der Waals surface area contributed by atoms with Crippen LogP contribution in [0, 0.1) is 5.41 Å². The highest BCUT2D eigenvalue weighted by molar-refractivity contribution is 5.37. The van der Waals surface area contributed by atoms with Crippen LogP contribution < -0.4 is 5.32 Å². The molecule has 0 aliphatic heterocycles. The minimum atomic E-state index is -0.220. The Hall–Kier alpha value is -0.860. The molecule has 17 heavy (non-hydrogen) atoms. The van der Waals surface area contributed by atoms with Crippen molar-refractivity contribution >= 4 is 0 Å². The topological polar surface area (TPSA) is 32.3 Å². The molecule has 2 N–H and O–H groups in total. The monoisotopic (exact) mass is 233 g/mol. The van der Waals surface area contributed by atoms with Crippen LogP contribution in [0.4, 0.5) is 0 Å². The minimum Gasteiger partial charge on any atom is -0.393 e. The fourth-order valence-electron chi connectivity index (χ4n) is 2.81. The van der Waals surface area contributed by atoms with Gasteiger partial charge in [0.2, 0.25) is 0 Å². The molecule has 2 unspecified atom stereocenters. The fourth-order valence-corrected chi connectivity index (χ4v) is 2.81. The normalized spacial score (nSPS) is 23.4. The third kappa shape index (κ3) is 2.70.